The van der Waals surface area contributed by atoms with Crippen LogP contribution in [0.5, 0.6) is 11.5 Å². The summed E-state index contributed by atoms with van der Waals surface area (Å²) in [7, 11) is 0. The van der Waals surface area contributed by atoms with Gasteiger partial charge in [0.1, 0.15) is 17.3 Å². The first kappa shape index (κ1) is 18.0. The van der Waals surface area contributed by atoms with Crippen LogP contribution in [-0.4, -0.2) is 9.55 Å². The number of benzene rings is 3. The lowest BCUT2D eigenvalue weighted by Crippen LogP contribution is -2.26. The van der Waals surface area contributed by atoms with Gasteiger partial charge in [-0.15, -0.1) is 0 Å². The van der Waals surface area contributed by atoms with Crippen molar-refractivity contribution in [1.82, 2.24) is 9.55 Å². The molecular formula is C27H23N3O. The van der Waals surface area contributed by atoms with Gasteiger partial charge in [-0.3, -0.25) is 4.57 Å². The summed E-state index contributed by atoms with van der Waals surface area (Å²) in [6.07, 6.45) is 1.87. The summed E-state index contributed by atoms with van der Waals surface area (Å²) in [5.74, 6) is 2.51. The van der Waals surface area contributed by atoms with E-state index in [9.17, 15) is 0 Å². The Morgan fingerprint density at radius 2 is 1.71 bits per heavy atom. The third-order valence-electron chi connectivity index (χ3n) is 6.41. The third kappa shape index (κ3) is 2.51. The molecule has 0 saturated heterocycles. The van der Waals surface area contributed by atoms with Crippen LogP contribution >= 0.6 is 0 Å². The number of ether oxygens (including phenoxy) is 1. The molecule has 4 nitrogen and oxygen atoms in total. The van der Waals surface area contributed by atoms with Gasteiger partial charge in [0.15, 0.2) is 0 Å². The molecule has 152 valence electrons. The van der Waals surface area contributed by atoms with Crippen LogP contribution < -0.4 is 10.5 Å². The maximum absolute atomic E-state index is 6.21. The van der Waals surface area contributed by atoms with Gasteiger partial charge in [0.2, 0.25) is 0 Å². The molecule has 2 N–H and O–H groups in total. The van der Waals surface area contributed by atoms with Gasteiger partial charge in [0, 0.05) is 45.8 Å². The fourth-order valence-corrected chi connectivity index (χ4v) is 5.01. The standard InChI is InChI=1S/C27H23N3O/c1-16-12-17(28)14-19(13-16)31-18-9-10-20-21-6-4-7-22-25(21)30(24(20)15-18)26-23(27(22,2)3)8-5-11-29-26/h4-15H,28H2,1-3H3. The third-order valence-corrected chi connectivity index (χ3v) is 6.41. The van der Waals surface area contributed by atoms with E-state index in [0.29, 0.717) is 5.69 Å². The van der Waals surface area contributed by atoms with Crippen LogP contribution in [0.15, 0.2) is 72.9 Å². The predicted octanol–water partition coefficient (Wildman–Crippen LogP) is 6.50. The lowest BCUT2D eigenvalue weighted by molar-refractivity contribution is 0.483. The molecule has 3 aromatic carbocycles. The molecule has 1 aliphatic heterocycles. The second-order valence-electron chi connectivity index (χ2n) is 8.90. The summed E-state index contributed by atoms with van der Waals surface area (Å²) in [5, 5.41) is 2.44. The van der Waals surface area contributed by atoms with Crippen molar-refractivity contribution in [2.24, 2.45) is 0 Å². The number of hydrogen-bond donors (Lipinski definition) is 1. The molecule has 0 fully saturated rings. The molecule has 0 aliphatic carbocycles. The Balaban J connectivity index is 1.64. The fourth-order valence-electron chi connectivity index (χ4n) is 5.01. The fraction of sp³-hybridized carbons (Fsp3) is 0.148. The Morgan fingerprint density at radius 3 is 2.55 bits per heavy atom. The van der Waals surface area contributed by atoms with Crippen LogP contribution in [-0.2, 0) is 5.41 Å². The number of pyridine rings is 1. The molecule has 1 aliphatic rings. The summed E-state index contributed by atoms with van der Waals surface area (Å²) in [6, 6.07) is 22.9. The van der Waals surface area contributed by atoms with E-state index in [-0.39, 0.29) is 5.41 Å². The Morgan fingerprint density at radius 1 is 0.871 bits per heavy atom. The van der Waals surface area contributed by atoms with Crippen molar-refractivity contribution >= 4 is 27.5 Å². The first-order chi connectivity index (χ1) is 14.9. The van der Waals surface area contributed by atoms with Gasteiger partial charge in [-0.2, -0.15) is 0 Å². The quantitative estimate of drug-likeness (QED) is 0.341. The van der Waals surface area contributed by atoms with Gasteiger partial charge in [-0.25, -0.2) is 4.98 Å². The lowest BCUT2D eigenvalue weighted by Gasteiger charge is -2.33. The van der Waals surface area contributed by atoms with E-state index in [4.69, 9.17) is 15.5 Å². The van der Waals surface area contributed by atoms with Crippen LogP contribution in [0, 0.1) is 6.92 Å². The van der Waals surface area contributed by atoms with Gasteiger partial charge >= 0.3 is 0 Å². The molecule has 0 bridgehead atoms. The minimum atomic E-state index is -0.119. The Hall–Kier alpha value is -3.79. The summed E-state index contributed by atoms with van der Waals surface area (Å²) < 4.78 is 8.50. The zero-order chi connectivity index (χ0) is 21.3. The van der Waals surface area contributed by atoms with Crippen LogP contribution in [0.4, 0.5) is 5.69 Å². The van der Waals surface area contributed by atoms with Crippen LogP contribution in [0.2, 0.25) is 0 Å². The highest BCUT2D eigenvalue weighted by Gasteiger charge is 2.35. The van der Waals surface area contributed by atoms with Crippen LogP contribution in [0.25, 0.3) is 27.6 Å². The maximum atomic E-state index is 6.21. The molecule has 5 aromatic rings. The van der Waals surface area contributed by atoms with Gasteiger partial charge in [-0.05, 0) is 48.4 Å². The largest absolute Gasteiger partial charge is 0.457 e. The number of hydrogen-bond acceptors (Lipinski definition) is 3. The number of aromatic nitrogens is 2. The Kier molecular flexibility index (Phi) is 3.55. The maximum Gasteiger partial charge on any atom is 0.141 e. The molecule has 2 aromatic heterocycles. The smallest absolute Gasteiger partial charge is 0.141 e. The van der Waals surface area contributed by atoms with E-state index < -0.39 is 0 Å². The van der Waals surface area contributed by atoms with Crippen molar-refractivity contribution in [3.63, 3.8) is 0 Å². The molecule has 6 rings (SSSR count). The monoisotopic (exact) mass is 405 g/mol. The summed E-state index contributed by atoms with van der Waals surface area (Å²) in [6.45, 7) is 6.57. The van der Waals surface area contributed by atoms with Crippen molar-refractivity contribution in [3.05, 3.63) is 89.6 Å². The van der Waals surface area contributed by atoms with Crippen LogP contribution in [0.3, 0.4) is 0 Å². The van der Waals surface area contributed by atoms with Crippen LogP contribution in [0.1, 0.15) is 30.5 Å². The van der Waals surface area contributed by atoms with Crippen molar-refractivity contribution < 1.29 is 4.74 Å². The average molecular weight is 406 g/mol. The Labute approximate surface area is 180 Å². The number of anilines is 1. The number of para-hydroxylation sites is 1. The molecule has 0 atom stereocenters. The average Bonchev–Trinajstić information content (AvgIpc) is 3.06. The molecule has 0 amide bonds. The number of fused-ring (bicyclic) bond motifs is 5. The molecular weight excluding hydrogens is 382 g/mol. The first-order valence-electron chi connectivity index (χ1n) is 10.5. The highest BCUT2D eigenvalue weighted by molar-refractivity contribution is 6.11. The molecule has 0 unspecified atom stereocenters. The van der Waals surface area contributed by atoms with E-state index in [0.717, 1.165) is 28.4 Å². The predicted molar refractivity (Wildman–Crippen MR) is 126 cm³/mol. The summed E-state index contributed by atoms with van der Waals surface area (Å²) in [5.41, 5.74) is 12.5. The molecule has 3 heterocycles. The van der Waals surface area contributed by atoms with Gasteiger partial charge in [0.05, 0.1) is 11.0 Å². The SMILES string of the molecule is Cc1cc(N)cc(Oc2ccc3c4cccc5c4n(c3c2)-c2ncccc2C5(C)C)c1. The number of aryl methyl sites for hydroxylation is 1. The summed E-state index contributed by atoms with van der Waals surface area (Å²) in [4.78, 5) is 4.80. The van der Waals surface area contributed by atoms with Gasteiger partial charge in [0.25, 0.3) is 0 Å². The first-order valence-corrected chi connectivity index (χ1v) is 10.5. The minimum absolute atomic E-state index is 0.119. The molecule has 0 spiro atoms. The van der Waals surface area contributed by atoms with Gasteiger partial charge in [-0.1, -0.05) is 38.1 Å². The van der Waals surface area contributed by atoms with Crippen molar-refractivity contribution in [2.75, 3.05) is 5.73 Å². The van der Waals surface area contributed by atoms with E-state index in [2.05, 4.69) is 54.8 Å². The lowest BCUT2D eigenvalue weighted by atomic mass is 9.76. The highest BCUT2D eigenvalue weighted by Crippen LogP contribution is 2.47. The molecule has 0 radical (unpaired) electrons. The number of rotatable bonds is 2. The Bertz CT molecular complexity index is 1490. The number of nitrogens with zero attached hydrogens (tertiary/aromatic N) is 2. The highest BCUT2D eigenvalue weighted by atomic mass is 16.5. The van der Waals surface area contributed by atoms with E-state index in [1.165, 1.54) is 27.4 Å². The summed E-state index contributed by atoms with van der Waals surface area (Å²) >= 11 is 0. The van der Waals surface area contributed by atoms with Crippen molar-refractivity contribution in [1.29, 1.82) is 0 Å². The van der Waals surface area contributed by atoms with Crippen molar-refractivity contribution in [2.45, 2.75) is 26.2 Å². The zero-order valence-corrected chi connectivity index (χ0v) is 17.8. The zero-order valence-electron chi connectivity index (χ0n) is 17.8. The molecule has 31 heavy (non-hydrogen) atoms. The van der Waals surface area contributed by atoms with E-state index in [1.807, 2.05) is 43.5 Å². The molecule has 4 heteroatoms. The minimum Gasteiger partial charge on any atom is -0.457 e. The topological polar surface area (TPSA) is 53.1 Å². The molecule has 0 saturated carbocycles. The van der Waals surface area contributed by atoms with Crippen molar-refractivity contribution in [3.8, 4) is 17.3 Å². The normalized spacial score (nSPS) is 14.0. The van der Waals surface area contributed by atoms with E-state index >= 15 is 0 Å². The van der Waals surface area contributed by atoms with Gasteiger partial charge < -0.3 is 10.5 Å². The van der Waals surface area contributed by atoms with E-state index in [1.54, 1.807) is 0 Å². The second-order valence-corrected chi connectivity index (χ2v) is 8.90. The number of nitrogen functional groups attached to an aromatic ring is 1. The second kappa shape index (κ2) is 6.11. The number of nitrogens with two attached hydrogens (primary N) is 1.